The Labute approximate surface area is 198 Å². The third kappa shape index (κ3) is 4.47. The van der Waals surface area contributed by atoms with Gasteiger partial charge in [0, 0.05) is 10.8 Å². The van der Waals surface area contributed by atoms with Crippen LogP contribution in [0.25, 0.3) is 16.5 Å². The van der Waals surface area contributed by atoms with Crippen LogP contribution in [0.5, 0.6) is 0 Å². The molecule has 0 fully saturated rings. The largest absolute Gasteiger partial charge is 0.461 e. The average molecular weight is 480 g/mol. The SMILES string of the molecule is CCOC(=O)c1nn(-c2cccc(F)c2)c(=O)c2c(NC(=O)C(CC)c3ccccc3)scc12. The highest BCUT2D eigenvalue weighted by atomic mass is 32.1. The number of halogens is 1. The number of nitrogens with one attached hydrogen (secondary N) is 1. The maximum absolute atomic E-state index is 13.9. The minimum atomic E-state index is -0.718. The van der Waals surface area contributed by atoms with Crippen LogP contribution >= 0.6 is 11.3 Å². The van der Waals surface area contributed by atoms with Crippen LogP contribution in [0.1, 0.15) is 42.2 Å². The molecule has 1 N–H and O–H groups in total. The van der Waals surface area contributed by atoms with E-state index in [2.05, 4.69) is 10.4 Å². The summed E-state index contributed by atoms with van der Waals surface area (Å²) in [4.78, 5) is 39.2. The van der Waals surface area contributed by atoms with Gasteiger partial charge >= 0.3 is 5.97 Å². The first-order chi connectivity index (χ1) is 16.4. The van der Waals surface area contributed by atoms with Gasteiger partial charge in [-0.15, -0.1) is 11.3 Å². The summed E-state index contributed by atoms with van der Waals surface area (Å²) in [6.45, 7) is 3.68. The second-order valence-electron chi connectivity index (χ2n) is 7.48. The van der Waals surface area contributed by atoms with Gasteiger partial charge in [0.25, 0.3) is 5.56 Å². The zero-order valence-corrected chi connectivity index (χ0v) is 19.4. The number of anilines is 1. The summed E-state index contributed by atoms with van der Waals surface area (Å²) in [7, 11) is 0. The summed E-state index contributed by atoms with van der Waals surface area (Å²) in [5.41, 5.74) is 0.330. The molecule has 2 heterocycles. The number of hydrogen-bond acceptors (Lipinski definition) is 6. The molecule has 0 radical (unpaired) electrons. The molecular weight excluding hydrogens is 457 g/mol. The molecule has 2 aromatic heterocycles. The molecule has 2 aromatic carbocycles. The number of benzene rings is 2. The van der Waals surface area contributed by atoms with Gasteiger partial charge in [-0.2, -0.15) is 9.78 Å². The monoisotopic (exact) mass is 479 g/mol. The number of aromatic nitrogens is 2. The lowest BCUT2D eigenvalue weighted by atomic mass is 9.96. The van der Waals surface area contributed by atoms with Crippen molar-refractivity contribution < 1.29 is 18.7 Å². The number of rotatable bonds is 7. The molecule has 0 aliphatic heterocycles. The van der Waals surface area contributed by atoms with Crippen LogP contribution in [0.3, 0.4) is 0 Å². The highest BCUT2D eigenvalue weighted by molar-refractivity contribution is 7.16. The van der Waals surface area contributed by atoms with Gasteiger partial charge in [-0.25, -0.2) is 9.18 Å². The number of carbonyl (C=O) groups is 2. The van der Waals surface area contributed by atoms with Gasteiger partial charge in [-0.3, -0.25) is 9.59 Å². The van der Waals surface area contributed by atoms with Crippen LogP contribution in [-0.2, 0) is 9.53 Å². The Morgan fingerprint density at radius 1 is 1.15 bits per heavy atom. The first-order valence-corrected chi connectivity index (χ1v) is 11.7. The topological polar surface area (TPSA) is 90.3 Å². The number of ether oxygens (including phenoxy) is 1. The van der Waals surface area contributed by atoms with E-state index in [0.29, 0.717) is 6.42 Å². The van der Waals surface area contributed by atoms with Gasteiger partial charge in [0.2, 0.25) is 5.91 Å². The Hall–Kier alpha value is -3.85. The Kier molecular flexibility index (Phi) is 6.83. The molecule has 1 unspecified atom stereocenters. The normalized spacial score (nSPS) is 11.9. The molecule has 1 atom stereocenters. The van der Waals surface area contributed by atoms with Crippen LogP contribution in [-0.4, -0.2) is 28.3 Å². The molecule has 0 saturated carbocycles. The fourth-order valence-corrected chi connectivity index (χ4v) is 4.67. The van der Waals surface area contributed by atoms with Gasteiger partial charge in [0.05, 0.1) is 23.6 Å². The van der Waals surface area contributed by atoms with E-state index in [9.17, 15) is 18.8 Å². The van der Waals surface area contributed by atoms with E-state index in [1.165, 1.54) is 18.2 Å². The Bertz CT molecular complexity index is 1410. The minimum absolute atomic E-state index is 0.0902. The summed E-state index contributed by atoms with van der Waals surface area (Å²) < 4.78 is 19.9. The van der Waals surface area contributed by atoms with Crippen molar-refractivity contribution in [1.29, 1.82) is 0 Å². The lowest BCUT2D eigenvalue weighted by Gasteiger charge is -2.15. The molecule has 174 valence electrons. The maximum atomic E-state index is 13.9. The average Bonchev–Trinajstić information content (AvgIpc) is 3.24. The molecule has 4 aromatic rings. The van der Waals surface area contributed by atoms with Crippen molar-refractivity contribution in [2.24, 2.45) is 0 Å². The second-order valence-corrected chi connectivity index (χ2v) is 8.36. The molecular formula is C25H22FN3O4S. The zero-order chi connectivity index (χ0) is 24.2. The second kappa shape index (κ2) is 9.96. The van der Waals surface area contributed by atoms with Crippen LogP contribution in [0.15, 0.2) is 64.8 Å². The van der Waals surface area contributed by atoms with Crippen molar-refractivity contribution in [3.8, 4) is 5.69 Å². The number of carbonyl (C=O) groups excluding carboxylic acids is 2. The minimum Gasteiger partial charge on any atom is -0.461 e. The Morgan fingerprint density at radius 2 is 1.91 bits per heavy atom. The summed E-state index contributed by atoms with van der Waals surface area (Å²) >= 11 is 1.12. The van der Waals surface area contributed by atoms with Crippen molar-refractivity contribution in [1.82, 2.24) is 9.78 Å². The smallest absolute Gasteiger partial charge is 0.359 e. The predicted molar refractivity (Wildman–Crippen MR) is 129 cm³/mol. The molecule has 9 heteroatoms. The molecule has 1 amide bonds. The number of thiophene rings is 1. The molecule has 0 aliphatic rings. The molecule has 0 spiro atoms. The molecule has 7 nitrogen and oxygen atoms in total. The van der Waals surface area contributed by atoms with E-state index in [-0.39, 0.29) is 39.7 Å². The van der Waals surface area contributed by atoms with E-state index in [4.69, 9.17) is 4.74 Å². The standard InChI is InChI=1S/C25H22FN3O4S/c1-3-18(15-9-6-5-7-10-15)22(30)27-23-20-19(14-34-23)21(25(32)33-4-2)28-29(24(20)31)17-12-8-11-16(26)13-17/h5-14,18H,3-4H2,1-2H3,(H,27,30). The van der Waals surface area contributed by atoms with Crippen LogP contribution in [0, 0.1) is 5.82 Å². The van der Waals surface area contributed by atoms with Crippen molar-refractivity contribution >= 4 is 39.0 Å². The van der Waals surface area contributed by atoms with Crippen molar-refractivity contribution in [2.75, 3.05) is 11.9 Å². The van der Waals surface area contributed by atoms with Crippen molar-refractivity contribution in [3.05, 3.63) is 87.4 Å². The lowest BCUT2D eigenvalue weighted by molar-refractivity contribution is -0.117. The van der Waals surface area contributed by atoms with Gasteiger partial charge in [0.1, 0.15) is 10.8 Å². The van der Waals surface area contributed by atoms with Crippen LogP contribution < -0.4 is 10.9 Å². The number of nitrogens with zero attached hydrogens (tertiary/aromatic N) is 2. The molecule has 0 bridgehead atoms. The molecule has 34 heavy (non-hydrogen) atoms. The lowest BCUT2D eigenvalue weighted by Crippen LogP contribution is -2.26. The van der Waals surface area contributed by atoms with Gasteiger partial charge < -0.3 is 10.1 Å². The molecule has 4 rings (SSSR count). The van der Waals surface area contributed by atoms with E-state index < -0.39 is 23.3 Å². The number of amides is 1. The summed E-state index contributed by atoms with van der Waals surface area (Å²) in [6, 6.07) is 14.7. The molecule has 0 saturated heterocycles. The van der Waals surface area contributed by atoms with E-state index >= 15 is 0 Å². The highest BCUT2D eigenvalue weighted by Gasteiger charge is 2.25. The van der Waals surface area contributed by atoms with Crippen molar-refractivity contribution in [2.45, 2.75) is 26.2 Å². The molecule has 0 aliphatic carbocycles. The van der Waals surface area contributed by atoms with Crippen LogP contribution in [0.4, 0.5) is 9.39 Å². The van der Waals surface area contributed by atoms with E-state index in [1.54, 1.807) is 12.3 Å². The fourth-order valence-electron chi connectivity index (χ4n) is 3.73. The fraction of sp³-hybridized carbons (Fsp3) is 0.200. The quantitative estimate of drug-likeness (QED) is 0.381. The summed E-state index contributed by atoms with van der Waals surface area (Å²) in [5.74, 6) is -1.97. The number of fused-ring (bicyclic) bond motifs is 1. The van der Waals surface area contributed by atoms with E-state index in [1.807, 2.05) is 37.3 Å². The van der Waals surface area contributed by atoms with Gasteiger partial charge in [-0.1, -0.05) is 43.3 Å². The van der Waals surface area contributed by atoms with Gasteiger partial charge in [-0.05, 0) is 37.1 Å². The Balaban J connectivity index is 1.85. The zero-order valence-electron chi connectivity index (χ0n) is 18.6. The third-order valence-corrected chi connectivity index (χ3v) is 6.23. The van der Waals surface area contributed by atoms with Crippen LogP contribution in [0.2, 0.25) is 0 Å². The predicted octanol–water partition coefficient (Wildman–Crippen LogP) is 4.90. The number of esters is 1. The number of hydrogen-bond donors (Lipinski definition) is 1. The van der Waals surface area contributed by atoms with E-state index in [0.717, 1.165) is 27.6 Å². The maximum Gasteiger partial charge on any atom is 0.359 e. The summed E-state index contributed by atoms with van der Waals surface area (Å²) in [5, 5.41) is 9.29. The first kappa shape index (κ1) is 23.3. The van der Waals surface area contributed by atoms with Gasteiger partial charge in [0.15, 0.2) is 5.69 Å². The summed E-state index contributed by atoms with van der Waals surface area (Å²) in [6.07, 6.45) is 0.558. The Morgan fingerprint density at radius 3 is 2.59 bits per heavy atom. The first-order valence-electron chi connectivity index (χ1n) is 10.8. The third-order valence-electron chi connectivity index (χ3n) is 5.34. The highest BCUT2D eigenvalue weighted by Crippen LogP contribution is 2.32. The van der Waals surface area contributed by atoms with Crippen molar-refractivity contribution in [3.63, 3.8) is 0 Å².